The van der Waals surface area contributed by atoms with E-state index in [0.29, 0.717) is 22.8 Å². The molecule has 6 nitrogen and oxygen atoms in total. The molecule has 0 radical (unpaired) electrons. The van der Waals surface area contributed by atoms with Gasteiger partial charge in [0.25, 0.3) is 5.91 Å². The minimum atomic E-state index is -0.446. The fraction of sp³-hybridized carbons (Fsp3) is 0.583. The molecule has 1 amide bonds. The number of carbonyl (C=O) groups is 1. The molecular weight excluding hydrogens is 266 g/mol. The van der Waals surface area contributed by atoms with Crippen molar-refractivity contribution in [2.75, 3.05) is 19.4 Å². The van der Waals surface area contributed by atoms with E-state index < -0.39 is 5.69 Å². The molecule has 104 valence electrons. The molecule has 1 heterocycles. The van der Waals surface area contributed by atoms with Gasteiger partial charge in [-0.2, -0.15) is 4.98 Å². The number of carbonyl (C=O) groups excluding carboxylic acids is 1. The summed E-state index contributed by atoms with van der Waals surface area (Å²) < 4.78 is 0. The average Bonchev–Trinajstić information content (AvgIpc) is 3.18. The van der Waals surface area contributed by atoms with Gasteiger partial charge in [0.05, 0.1) is 12.2 Å². The topological polar surface area (TPSA) is 86.3 Å². The number of thioether (sulfide) groups is 1. The Kier molecular flexibility index (Phi) is 4.26. The van der Waals surface area contributed by atoms with Gasteiger partial charge < -0.3 is 15.0 Å². The summed E-state index contributed by atoms with van der Waals surface area (Å²) in [5, 5.41) is 9.52. The number of hydrogen-bond donors (Lipinski definition) is 2. The molecule has 1 aromatic heterocycles. The zero-order chi connectivity index (χ0) is 14.0. The number of nitrogens with one attached hydrogen (secondary N) is 1. The molecule has 1 aliphatic rings. The number of aliphatic hydroxyl groups excluding tert-OH is 1. The molecule has 1 fully saturated rings. The van der Waals surface area contributed by atoms with Crippen LogP contribution in [0.2, 0.25) is 0 Å². The number of amides is 1. The molecule has 0 aliphatic heterocycles. The first kappa shape index (κ1) is 14.1. The highest BCUT2D eigenvalue weighted by atomic mass is 32.2. The van der Waals surface area contributed by atoms with Crippen molar-refractivity contribution in [3.63, 3.8) is 0 Å². The van der Waals surface area contributed by atoms with Crippen LogP contribution >= 0.6 is 11.8 Å². The Bertz CT molecular complexity index is 540. The van der Waals surface area contributed by atoms with Crippen molar-refractivity contribution in [2.24, 2.45) is 0 Å². The summed E-state index contributed by atoms with van der Waals surface area (Å²) in [6.07, 6.45) is 3.72. The van der Waals surface area contributed by atoms with Crippen LogP contribution in [0.4, 0.5) is 0 Å². The van der Waals surface area contributed by atoms with Gasteiger partial charge in [-0.25, -0.2) is 4.79 Å². The van der Waals surface area contributed by atoms with Crippen molar-refractivity contribution >= 4 is 17.7 Å². The van der Waals surface area contributed by atoms with E-state index in [0.717, 1.165) is 12.8 Å². The summed E-state index contributed by atoms with van der Waals surface area (Å²) in [6.45, 7) is 1.95. The molecule has 0 aromatic carbocycles. The van der Waals surface area contributed by atoms with Crippen molar-refractivity contribution in [1.82, 2.24) is 14.9 Å². The van der Waals surface area contributed by atoms with Gasteiger partial charge in [-0.15, -0.1) is 11.8 Å². The molecule has 19 heavy (non-hydrogen) atoms. The standard InChI is InChI=1S/C12H17N3O3S/c1-7-9(10(19-2)14-12(18)13-7)11(17)15(5-6-16)8-3-4-8/h8,16H,3-6H2,1-2H3,(H,13,14,18). The maximum atomic E-state index is 12.6. The number of rotatable bonds is 5. The zero-order valence-corrected chi connectivity index (χ0v) is 11.8. The lowest BCUT2D eigenvalue weighted by molar-refractivity contribution is 0.0701. The van der Waals surface area contributed by atoms with Crippen molar-refractivity contribution in [2.45, 2.75) is 30.8 Å². The molecule has 0 spiro atoms. The minimum Gasteiger partial charge on any atom is -0.395 e. The van der Waals surface area contributed by atoms with Gasteiger partial charge in [0.15, 0.2) is 0 Å². The predicted molar refractivity (Wildman–Crippen MR) is 72.5 cm³/mol. The molecule has 7 heteroatoms. The number of nitrogens with zero attached hydrogens (tertiary/aromatic N) is 2. The fourth-order valence-corrected chi connectivity index (χ4v) is 2.67. The summed E-state index contributed by atoms with van der Waals surface area (Å²) in [4.78, 5) is 32.0. The molecule has 0 saturated heterocycles. The third kappa shape index (κ3) is 2.98. The number of aromatic amines is 1. The van der Waals surface area contributed by atoms with Gasteiger partial charge in [-0.1, -0.05) is 0 Å². The minimum absolute atomic E-state index is 0.0628. The van der Waals surface area contributed by atoms with E-state index in [4.69, 9.17) is 5.11 Å². The molecule has 0 bridgehead atoms. The monoisotopic (exact) mass is 283 g/mol. The highest BCUT2D eigenvalue weighted by Gasteiger charge is 2.34. The Labute approximate surface area is 115 Å². The third-order valence-electron chi connectivity index (χ3n) is 3.08. The van der Waals surface area contributed by atoms with Crippen LogP contribution in [0.1, 0.15) is 28.9 Å². The Hall–Kier alpha value is -1.34. The first-order valence-electron chi connectivity index (χ1n) is 6.15. The number of H-pyrrole nitrogens is 1. The summed E-state index contributed by atoms with van der Waals surface area (Å²) >= 11 is 1.28. The average molecular weight is 283 g/mol. The molecule has 1 saturated carbocycles. The molecular formula is C12H17N3O3S. The van der Waals surface area contributed by atoms with E-state index in [9.17, 15) is 9.59 Å². The smallest absolute Gasteiger partial charge is 0.346 e. The maximum absolute atomic E-state index is 12.6. The second-order valence-corrected chi connectivity index (χ2v) is 5.30. The van der Waals surface area contributed by atoms with Crippen LogP contribution in [-0.4, -0.2) is 51.3 Å². The van der Waals surface area contributed by atoms with Crippen molar-refractivity contribution in [3.8, 4) is 0 Å². The van der Waals surface area contributed by atoms with Gasteiger partial charge in [-0.3, -0.25) is 4.79 Å². The van der Waals surface area contributed by atoms with Crippen LogP contribution < -0.4 is 5.69 Å². The van der Waals surface area contributed by atoms with Gasteiger partial charge in [-0.05, 0) is 26.0 Å². The van der Waals surface area contributed by atoms with Crippen LogP contribution in [0, 0.1) is 6.92 Å². The van der Waals surface area contributed by atoms with Gasteiger partial charge in [0.2, 0.25) is 0 Å². The Balaban J connectivity index is 2.39. The van der Waals surface area contributed by atoms with E-state index in [1.807, 2.05) is 0 Å². The van der Waals surface area contributed by atoms with E-state index >= 15 is 0 Å². The third-order valence-corrected chi connectivity index (χ3v) is 3.77. The molecule has 0 atom stereocenters. The second kappa shape index (κ2) is 5.75. The molecule has 1 aliphatic carbocycles. The molecule has 2 N–H and O–H groups in total. The first-order chi connectivity index (χ1) is 9.08. The van der Waals surface area contributed by atoms with E-state index in [1.165, 1.54) is 11.8 Å². The summed E-state index contributed by atoms with van der Waals surface area (Å²) in [5.74, 6) is -0.165. The number of aromatic nitrogens is 2. The van der Waals surface area contributed by atoms with Crippen LogP contribution in [0.5, 0.6) is 0 Å². The summed E-state index contributed by atoms with van der Waals surface area (Å²) in [5.41, 5.74) is 0.518. The predicted octanol–water partition coefficient (Wildman–Crippen LogP) is 0.397. The van der Waals surface area contributed by atoms with Gasteiger partial charge in [0.1, 0.15) is 5.03 Å². The number of aliphatic hydroxyl groups is 1. The molecule has 1 aromatic rings. The molecule has 2 rings (SSSR count). The van der Waals surface area contributed by atoms with E-state index in [-0.39, 0.29) is 18.6 Å². The van der Waals surface area contributed by atoms with Gasteiger partial charge in [0, 0.05) is 18.3 Å². The SMILES string of the molecule is CSc1nc(=O)[nH]c(C)c1C(=O)N(CCO)C1CC1. The second-order valence-electron chi connectivity index (χ2n) is 4.50. The van der Waals surface area contributed by atoms with Crippen LogP contribution in [0.3, 0.4) is 0 Å². The normalized spacial score (nSPS) is 14.5. The van der Waals surface area contributed by atoms with Crippen LogP contribution in [-0.2, 0) is 0 Å². The molecule has 0 unspecified atom stereocenters. The lowest BCUT2D eigenvalue weighted by atomic mass is 10.2. The first-order valence-corrected chi connectivity index (χ1v) is 7.37. The fourth-order valence-electron chi connectivity index (χ4n) is 2.05. The van der Waals surface area contributed by atoms with Crippen molar-refractivity contribution < 1.29 is 9.90 Å². The zero-order valence-electron chi connectivity index (χ0n) is 11.0. The Morgan fingerprint density at radius 2 is 2.26 bits per heavy atom. The summed E-state index contributed by atoms with van der Waals surface area (Å²) in [7, 11) is 0. The Morgan fingerprint density at radius 1 is 1.58 bits per heavy atom. The lowest BCUT2D eigenvalue weighted by Gasteiger charge is -2.22. The van der Waals surface area contributed by atoms with E-state index in [2.05, 4.69) is 9.97 Å². The lowest BCUT2D eigenvalue weighted by Crippen LogP contribution is -2.37. The van der Waals surface area contributed by atoms with Crippen LogP contribution in [0.15, 0.2) is 9.82 Å². The number of aryl methyl sites for hydroxylation is 1. The van der Waals surface area contributed by atoms with Crippen molar-refractivity contribution in [3.05, 3.63) is 21.7 Å². The Morgan fingerprint density at radius 3 is 2.79 bits per heavy atom. The summed E-state index contributed by atoms with van der Waals surface area (Å²) in [6, 6.07) is 0.209. The largest absolute Gasteiger partial charge is 0.395 e. The highest BCUT2D eigenvalue weighted by molar-refractivity contribution is 7.98. The van der Waals surface area contributed by atoms with Gasteiger partial charge >= 0.3 is 5.69 Å². The number of hydrogen-bond acceptors (Lipinski definition) is 5. The maximum Gasteiger partial charge on any atom is 0.346 e. The van der Waals surface area contributed by atoms with E-state index in [1.54, 1.807) is 18.1 Å². The van der Waals surface area contributed by atoms with Crippen molar-refractivity contribution in [1.29, 1.82) is 0 Å². The van der Waals surface area contributed by atoms with Crippen LogP contribution in [0.25, 0.3) is 0 Å². The highest BCUT2D eigenvalue weighted by Crippen LogP contribution is 2.29. The quantitative estimate of drug-likeness (QED) is 0.603.